The van der Waals surface area contributed by atoms with E-state index >= 15 is 0 Å². The smallest absolute Gasteiger partial charge is 0.184 e. The Hall–Kier alpha value is -2.57. The monoisotopic (exact) mass is 523 g/mol. The fourth-order valence-corrected chi connectivity index (χ4v) is 5.70. The number of likely N-dealkylation sites (tertiary alicyclic amines) is 1. The molecule has 1 aliphatic rings. The zero-order valence-electron chi connectivity index (χ0n) is 19.5. The van der Waals surface area contributed by atoms with Crippen molar-refractivity contribution in [1.82, 2.24) is 9.88 Å². The maximum atomic E-state index is 6.13. The first-order valence-electron chi connectivity index (χ1n) is 11.7. The van der Waals surface area contributed by atoms with Gasteiger partial charge >= 0.3 is 0 Å². The third-order valence-electron chi connectivity index (χ3n) is 6.33. The Morgan fingerprint density at radius 2 is 1.49 bits per heavy atom. The molecule has 4 aromatic rings. The normalized spacial score (nSPS) is 14.7. The molecule has 0 atom stereocenters. The van der Waals surface area contributed by atoms with Gasteiger partial charge in [-0.15, -0.1) is 0 Å². The minimum absolute atomic E-state index is 0.407. The topological polar surface area (TPSA) is 37.4 Å². The van der Waals surface area contributed by atoms with Crippen molar-refractivity contribution in [3.8, 4) is 27.4 Å². The van der Waals surface area contributed by atoms with Crippen LogP contribution in [0.4, 0.5) is 5.13 Å². The molecule has 1 saturated heterocycles. The van der Waals surface area contributed by atoms with Gasteiger partial charge < -0.3 is 10.1 Å². The summed E-state index contributed by atoms with van der Waals surface area (Å²) in [6, 6.07) is 24.6. The molecule has 7 heteroatoms. The number of anilines is 1. The summed E-state index contributed by atoms with van der Waals surface area (Å²) in [5.74, 6) is 0.899. The molecule has 5 rings (SSSR count). The molecule has 3 aromatic carbocycles. The molecule has 1 N–H and O–H groups in total. The second-order valence-electron chi connectivity index (χ2n) is 8.75. The molecule has 0 aliphatic carbocycles. The van der Waals surface area contributed by atoms with Crippen LogP contribution in [0.15, 0.2) is 72.8 Å². The number of nitrogens with zero attached hydrogens (tertiary/aromatic N) is 2. The van der Waals surface area contributed by atoms with Crippen LogP contribution in [-0.4, -0.2) is 36.1 Å². The summed E-state index contributed by atoms with van der Waals surface area (Å²) in [5.41, 5.74) is 4.45. The lowest BCUT2D eigenvalue weighted by Gasteiger charge is -2.32. The average Bonchev–Trinajstić information content (AvgIpc) is 3.30. The van der Waals surface area contributed by atoms with Crippen LogP contribution in [0, 0.1) is 0 Å². The molecule has 2 heterocycles. The predicted octanol–water partition coefficient (Wildman–Crippen LogP) is 7.87. The van der Waals surface area contributed by atoms with Crippen molar-refractivity contribution in [3.05, 3.63) is 88.4 Å². The number of rotatable bonds is 7. The minimum atomic E-state index is 0.407. The maximum Gasteiger partial charge on any atom is 0.184 e. The number of halogens is 2. The Bertz CT molecular complexity index is 1190. The van der Waals surface area contributed by atoms with Gasteiger partial charge in [-0.25, -0.2) is 4.98 Å². The van der Waals surface area contributed by atoms with Crippen molar-refractivity contribution >= 4 is 39.7 Å². The lowest BCUT2D eigenvalue weighted by molar-refractivity contribution is 0.211. The van der Waals surface area contributed by atoms with Crippen molar-refractivity contribution in [2.45, 2.75) is 25.4 Å². The van der Waals surface area contributed by atoms with Gasteiger partial charge in [0.2, 0.25) is 0 Å². The van der Waals surface area contributed by atoms with E-state index in [0.717, 1.165) is 75.1 Å². The summed E-state index contributed by atoms with van der Waals surface area (Å²) in [6.07, 6.45) is 2.17. The number of piperidine rings is 1. The highest BCUT2D eigenvalue weighted by Gasteiger charge is 2.22. The number of hydrogen-bond donors (Lipinski definition) is 1. The molecular formula is C28H27Cl2N3OS. The Balaban J connectivity index is 1.28. The second kappa shape index (κ2) is 11.0. The van der Waals surface area contributed by atoms with Gasteiger partial charge in [-0.2, -0.15) is 0 Å². The zero-order chi connectivity index (χ0) is 24.2. The summed E-state index contributed by atoms with van der Waals surface area (Å²) in [4.78, 5) is 8.65. The van der Waals surface area contributed by atoms with E-state index < -0.39 is 0 Å². The van der Waals surface area contributed by atoms with Crippen LogP contribution >= 0.6 is 34.5 Å². The molecule has 1 fully saturated rings. The van der Waals surface area contributed by atoms with E-state index in [1.165, 1.54) is 5.56 Å². The molecule has 0 radical (unpaired) electrons. The summed E-state index contributed by atoms with van der Waals surface area (Å²) in [5, 5.41) is 6.11. The van der Waals surface area contributed by atoms with Crippen molar-refractivity contribution in [1.29, 1.82) is 0 Å². The van der Waals surface area contributed by atoms with Crippen molar-refractivity contribution in [2.75, 3.05) is 25.5 Å². The van der Waals surface area contributed by atoms with Crippen molar-refractivity contribution < 1.29 is 4.74 Å². The molecule has 35 heavy (non-hydrogen) atoms. The third kappa shape index (κ3) is 5.99. The molecule has 0 amide bonds. The van der Waals surface area contributed by atoms with E-state index in [1.807, 2.05) is 48.5 Å². The number of thiazole rings is 1. The molecule has 180 valence electrons. The minimum Gasteiger partial charge on any atom is -0.497 e. The number of hydrogen-bond acceptors (Lipinski definition) is 5. The number of nitrogens with one attached hydrogen (secondary N) is 1. The predicted molar refractivity (Wildman–Crippen MR) is 148 cm³/mol. The molecule has 0 saturated carbocycles. The first-order chi connectivity index (χ1) is 17.1. The quantitative estimate of drug-likeness (QED) is 0.267. The number of benzene rings is 3. The second-order valence-corrected chi connectivity index (χ2v) is 10.6. The number of aromatic nitrogens is 1. The molecular weight excluding hydrogens is 497 g/mol. The van der Waals surface area contributed by atoms with E-state index in [4.69, 9.17) is 32.9 Å². The lowest BCUT2D eigenvalue weighted by Crippen LogP contribution is -2.38. The summed E-state index contributed by atoms with van der Waals surface area (Å²) < 4.78 is 5.27. The number of ether oxygens (including phenoxy) is 1. The fourth-order valence-electron chi connectivity index (χ4n) is 4.38. The molecule has 1 aliphatic heterocycles. The van der Waals surface area contributed by atoms with E-state index in [-0.39, 0.29) is 0 Å². The highest BCUT2D eigenvalue weighted by Crippen LogP contribution is 2.40. The Morgan fingerprint density at radius 1 is 0.886 bits per heavy atom. The van der Waals surface area contributed by atoms with Crippen LogP contribution < -0.4 is 10.1 Å². The van der Waals surface area contributed by atoms with Gasteiger partial charge in [-0.05, 0) is 60.4 Å². The maximum absolute atomic E-state index is 6.13. The van der Waals surface area contributed by atoms with Gasteiger partial charge in [0.1, 0.15) is 5.75 Å². The van der Waals surface area contributed by atoms with Crippen molar-refractivity contribution in [2.24, 2.45) is 0 Å². The van der Waals surface area contributed by atoms with E-state index in [2.05, 4.69) is 34.5 Å². The van der Waals surface area contributed by atoms with Gasteiger partial charge in [0, 0.05) is 41.3 Å². The van der Waals surface area contributed by atoms with E-state index in [0.29, 0.717) is 6.04 Å². The lowest BCUT2D eigenvalue weighted by atomic mass is 10.0. The summed E-state index contributed by atoms with van der Waals surface area (Å²) in [6.45, 7) is 3.09. The zero-order valence-corrected chi connectivity index (χ0v) is 21.8. The third-order valence-corrected chi connectivity index (χ3v) is 7.87. The molecule has 0 unspecified atom stereocenters. The fraction of sp³-hybridized carbons (Fsp3) is 0.250. The number of methoxy groups -OCH3 is 1. The molecule has 1 aromatic heterocycles. The van der Waals surface area contributed by atoms with Crippen LogP contribution in [0.2, 0.25) is 10.0 Å². The van der Waals surface area contributed by atoms with Crippen LogP contribution in [0.1, 0.15) is 18.4 Å². The highest BCUT2D eigenvalue weighted by molar-refractivity contribution is 7.19. The van der Waals surface area contributed by atoms with Crippen molar-refractivity contribution in [3.63, 3.8) is 0 Å². The molecule has 4 nitrogen and oxygen atoms in total. The standard InChI is InChI=1S/C28H27Cl2N3OS/c1-34-25-12-2-19(3-13-25)18-33-16-14-24(15-17-33)31-28-32-26(20-4-8-22(29)9-5-20)27(35-28)21-6-10-23(30)11-7-21/h2-13,24H,14-18H2,1H3,(H,31,32). The van der Waals surface area contributed by atoms with Gasteiger partial charge in [-0.3, -0.25) is 4.90 Å². The van der Waals surface area contributed by atoms with Crippen LogP contribution in [-0.2, 0) is 6.54 Å². The Kier molecular flexibility index (Phi) is 7.59. The molecule has 0 spiro atoms. The SMILES string of the molecule is COc1ccc(CN2CCC(Nc3nc(-c4ccc(Cl)cc4)c(-c4ccc(Cl)cc4)s3)CC2)cc1. The molecule has 0 bridgehead atoms. The van der Waals surface area contributed by atoms with Gasteiger partial charge in [0.25, 0.3) is 0 Å². The Labute approximate surface area is 220 Å². The first-order valence-corrected chi connectivity index (χ1v) is 13.3. The van der Waals surface area contributed by atoms with Crippen LogP contribution in [0.25, 0.3) is 21.7 Å². The van der Waals surface area contributed by atoms with Gasteiger partial charge in [0.05, 0.1) is 17.7 Å². The van der Waals surface area contributed by atoms with Gasteiger partial charge in [-0.1, -0.05) is 70.9 Å². The van der Waals surface area contributed by atoms with E-state index in [9.17, 15) is 0 Å². The van der Waals surface area contributed by atoms with Crippen LogP contribution in [0.5, 0.6) is 5.75 Å². The van der Waals surface area contributed by atoms with Crippen LogP contribution in [0.3, 0.4) is 0 Å². The Morgan fingerprint density at radius 3 is 2.09 bits per heavy atom. The largest absolute Gasteiger partial charge is 0.497 e. The average molecular weight is 525 g/mol. The summed E-state index contributed by atoms with van der Waals surface area (Å²) >= 11 is 14.0. The van der Waals surface area contributed by atoms with E-state index in [1.54, 1.807) is 18.4 Å². The van der Waals surface area contributed by atoms with Gasteiger partial charge in [0.15, 0.2) is 5.13 Å². The first kappa shape index (κ1) is 24.1. The summed E-state index contributed by atoms with van der Waals surface area (Å²) in [7, 11) is 1.70. The highest BCUT2D eigenvalue weighted by atomic mass is 35.5.